The number of rotatable bonds is 5. The fourth-order valence-electron chi connectivity index (χ4n) is 2.13. The topological polar surface area (TPSA) is 38.9 Å². The van der Waals surface area contributed by atoms with E-state index in [4.69, 9.17) is 10.7 Å². The van der Waals surface area contributed by atoms with Gasteiger partial charge in [-0.2, -0.15) is 0 Å². The van der Waals surface area contributed by atoms with Crippen LogP contribution in [-0.2, 0) is 12.8 Å². The quantitative estimate of drug-likeness (QED) is 0.772. The zero-order chi connectivity index (χ0) is 13.8. The van der Waals surface area contributed by atoms with Gasteiger partial charge < -0.3 is 5.73 Å². The van der Waals surface area contributed by atoms with Crippen LogP contribution in [0.25, 0.3) is 0 Å². The molecule has 0 bridgehead atoms. The van der Waals surface area contributed by atoms with E-state index < -0.39 is 0 Å². The summed E-state index contributed by atoms with van der Waals surface area (Å²) in [4.78, 5) is 6.06. The first-order chi connectivity index (χ1) is 9.81. The minimum atomic E-state index is 0.0212. The van der Waals surface area contributed by atoms with Crippen molar-refractivity contribution in [3.8, 4) is 0 Å². The number of nitrogens with zero attached hydrogens (tertiary/aromatic N) is 1. The van der Waals surface area contributed by atoms with Crippen molar-refractivity contribution in [2.24, 2.45) is 5.73 Å². The Balaban J connectivity index is 1.65. The predicted octanol–water partition coefficient (Wildman–Crippen LogP) is 4.04. The van der Waals surface area contributed by atoms with E-state index in [2.05, 4.69) is 35.0 Å². The van der Waals surface area contributed by atoms with E-state index in [-0.39, 0.29) is 6.04 Å². The summed E-state index contributed by atoms with van der Waals surface area (Å²) < 4.78 is 0. The summed E-state index contributed by atoms with van der Waals surface area (Å²) in [5, 5.41) is 5.41. The number of nitrogens with two attached hydrogens (primary N) is 1. The number of thiophene rings is 1. The molecule has 20 heavy (non-hydrogen) atoms. The standard InChI is InChI=1S/C16H16N2S2/c17-15(12-5-2-1-3-6-12)9-13-11-20-16(18-13)10-14-7-4-8-19-14/h1-8,11,15H,9-10,17H2. The molecule has 0 aliphatic heterocycles. The van der Waals surface area contributed by atoms with Gasteiger partial charge in [-0.05, 0) is 17.0 Å². The van der Waals surface area contributed by atoms with Crippen LogP contribution in [0, 0.1) is 0 Å². The lowest BCUT2D eigenvalue weighted by molar-refractivity contribution is 0.708. The molecule has 3 aromatic rings. The van der Waals surface area contributed by atoms with Gasteiger partial charge in [-0.25, -0.2) is 4.98 Å². The second kappa shape index (κ2) is 6.31. The van der Waals surface area contributed by atoms with Crippen LogP contribution in [0.5, 0.6) is 0 Å². The van der Waals surface area contributed by atoms with Gasteiger partial charge in [0.2, 0.25) is 0 Å². The summed E-state index contributed by atoms with van der Waals surface area (Å²) in [5.74, 6) is 0. The summed E-state index contributed by atoms with van der Waals surface area (Å²) in [6, 6.07) is 14.5. The molecule has 0 spiro atoms. The van der Waals surface area contributed by atoms with Crippen molar-refractivity contribution in [2.75, 3.05) is 0 Å². The molecule has 2 aromatic heterocycles. The van der Waals surface area contributed by atoms with Crippen LogP contribution in [0.4, 0.5) is 0 Å². The highest BCUT2D eigenvalue weighted by Crippen LogP contribution is 2.21. The molecular formula is C16H16N2S2. The summed E-state index contributed by atoms with van der Waals surface area (Å²) in [6.07, 6.45) is 1.73. The lowest BCUT2D eigenvalue weighted by atomic mass is 10.0. The lowest BCUT2D eigenvalue weighted by Crippen LogP contribution is -2.13. The molecule has 4 heteroatoms. The molecule has 0 aliphatic rings. The number of aromatic nitrogens is 1. The molecule has 2 N–H and O–H groups in total. The predicted molar refractivity (Wildman–Crippen MR) is 86.3 cm³/mol. The van der Waals surface area contributed by atoms with Gasteiger partial charge >= 0.3 is 0 Å². The average molecular weight is 300 g/mol. The van der Waals surface area contributed by atoms with E-state index in [1.54, 1.807) is 22.7 Å². The number of hydrogen-bond acceptors (Lipinski definition) is 4. The molecule has 0 fully saturated rings. The maximum absolute atomic E-state index is 6.24. The normalized spacial score (nSPS) is 12.4. The fraction of sp³-hybridized carbons (Fsp3) is 0.188. The molecule has 0 amide bonds. The Morgan fingerprint density at radius 1 is 1.05 bits per heavy atom. The first-order valence-corrected chi connectivity index (χ1v) is 8.33. The van der Waals surface area contributed by atoms with Crippen molar-refractivity contribution in [1.29, 1.82) is 0 Å². The maximum atomic E-state index is 6.24. The Labute approximate surface area is 126 Å². The second-order valence-electron chi connectivity index (χ2n) is 4.71. The van der Waals surface area contributed by atoms with E-state index in [9.17, 15) is 0 Å². The summed E-state index contributed by atoms with van der Waals surface area (Å²) in [5.41, 5.74) is 8.50. The van der Waals surface area contributed by atoms with Gasteiger partial charge in [-0.1, -0.05) is 36.4 Å². The lowest BCUT2D eigenvalue weighted by Gasteiger charge is -2.09. The molecular weight excluding hydrogens is 284 g/mol. The largest absolute Gasteiger partial charge is 0.324 e. The van der Waals surface area contributed by atoms with Crippen molar-refractivity contribution < 1.29 is 0 Å². The van der Waals surface area contributed by atoms with E-state index >= 15 is 0 Å². The van der Waals surface area contributed by atoms with Gasteiger partial charge in [0, 0.05) is 29.1 Å². The molecule has 1 aromatic carbocycles. The van der Waals surface area contributed by atoms with Gasteiger partial charge in [0.1, 0.15) is 0 Å². The summed E-state index contributed by atoms with van der Waals surface area (Å²) >= 11 is 3.50. The van der Waals surface area contributed by atoms with Crippen molar-refractivity contribution in [1.82, 2.24) is 4.98 Å². The maximum Gasteiger partial charge on any atom is 0.0980 e. The highest BCUT2D eigenvalue weighted by Gasteiger charge is 2.10. The zero-order valence-electron chi connectivity index (χ0n) is 11.0. The first kappa shape index (κ1) is 13.5. The minimum absolute atomic E-state index is 0.0212. The van der Waals surface area contributed by atoms with Crippen LogP contribution in [0.2, 0.25) is 0 Å². The third kappa shape index (κ3) is 3.33. The van der Waals surface area contributed by atoms with Crippen LogP contribution in [0.3, 0.4) is 0 Å². The van der Waals surface area contributed by atoms with Gasteiger partial charge in [-0.3, -0.25) is 0 Å². The Bertz CT molecular complexity index is 644. The summed E-state index contributed by atoms with van der Waals surface area (Å²) in [7, 11) is 0. The Morgan fingerprint density at radius 2 is 1.90 bits per heavy atom. The molecule has 2 nitrogen and oxygen atoms in total. The smallest absolute Gasteiger partial charge is 0.0980 e. The molecule has 0 saturated heterocycles. The Hall–Kier alpha value is -1.49. The third-order valence-electron chi connectivity index (χ3n) is 3.16. The molecule has 1 unspecified atom stereocenters. The van der Waals surface area contributed by atoms with E-state index in [1.807, 2.05) is 18.2 Å². The SMILES string of the molecule is NC(Cc1csc(Cc2cccs2)n1)c1ccccc1. The molecule has 2 heterocycles. The summed E-state index contributed by atoms with van der Waals surface area (Å²) in [6.45, 7) is 0. The molecule has 1 atom stereocenters. The van der Waals surface area contributed by atoms with E-state index in [0.29, 0.717) is 0 Å². The van der Waals surface area contributed by atoms with Crippen LogP contribution >= 0.6 is 22.7 Å². The van der Waals surface area contributed by atoms with Crippen molar-refractivity contribution in [3.63, 3.8) is 0 Å². The van der Waals surface area contributed by atoms with Crippen LogP contribution in [0.1, 0.15) is 27.2 Å². The Morgan fingerprint density at radius 3 is 2.65 bits per heavy atom. The van der Waals surface area contributed by atoms with E-state index in [1.165, 1.54) is 15.4 Å². The van der Waals surface area contributed by atoms with Crippen LogP contribution in [-0.4, -0.2) is 4.98 Å². The monoisotopic (exact) mass is 300 g/mol. The number of hydrogen-bond donors (Lipinski definition) is 1. The number of benzene rings is 1. The van der Waals surface area contributed by atoms with Gasteiger partial charge in [0.15, 0.2) is 0 Å². The third-order valence-corrected chi connectivity index (χ3v) is 4.94. The van der Waals surface area contributed by atoms with E-state index in [0.717, 1.165) is 18.5 Å². The highest BCUT2D eigenvalue weighted by molar-refractivity contribution is 7.11. The molecule has 102 valence electrons. The Kier molecular flexibility index (Phi) is 4.25. The average Bonchev–Trinajstić information content (AvgIpc) is 3.12. The fourth-order valence-corrected chi connectivity index (χ4v) is 3.76. The van der Waals surface area contributed by atoms with Crippen LogP contribution < -0.4 is 5.73 Å². The second-order valence-corrected chi connectivity index (χ2v) is 6.68. The number of thiazole rings is 1. The minimum Gasteiger partial charge on any atom is -0.324 e. The zero-order valence-corrected chi connectivity index (χ0v) is 12.7. The van der Waals surface area contributed by atoms with Gasteiger partial charge in [0.25, 0.3) is 0 Å². The molecule has 3 rings (SSSR count). The molecule has 0 saturated carbocycles. The highest BCUT2D eigenvalue weighted by atomic mass is 32.1. The molecule has 0 radical (unpaired) electrons. The van der Waals surface area contributed by atoms with Crippen molar-refractivity contribution in [3.05, 3.63) is 74.4 Å². The molecule has 0 aliphatic carbocycles. The first-order valence-electron chi connectivity index (χ1n) is 6.57. The van der Waals surface area contributed by atoms with Crippen molar-refractivity contribution >= 4 is 22.7 Å². The van der Waals surface area contributed by atoms with Crippen molar-refractivity contribution in [2.45, 2.75) is 18.9 Å². The van der Waals surface area contributed by atoms with Crippen LogP contribution in [0.15, 0.2) is 53.2 Å². The van der Waals surface area contributed by atoms with Gasteiger partial charge in [0.05, 0.1) is 10.7 Å². The van der Waals surface area contributed by atoms with Gasteiger partial charge in [-0.15, -0.1) is 22.7 Å².